The number of hydrazine groups is 1. The number of urea groups is 1. The molecule has 0 bridgehead atoms. The van der Waals surface area contributed by atoms with Crippen molar-refractivity contribution < 1.29 is 22.7 Å². The van der Waals surface area contributed by atoms with Gasteiger partial charge in [0.15, 0.2) is 0 Å². The monoisotopic (exact) mass is 378 g/mol. The average Bonchev–Trinajstić information content (AvgIpc) is 2.60. The Hall–Kier alpha value is -3.11. The first-order valence-corrected chi connectivity index (χ1v) is 9.07. The molecule has 138 valence electrons. The number of carbonyl (C=O) groups is 2. The van der Waals surface area contributed by atoms with E-state index in [4.69, 9.17) is 9.88 Å². The van der Waals surface area contributed by atoms with Crippen LogP contribution in [0.1, 0.15) is 17.3 Å². The first-order chi connectivity index (χ1) is 12.3. The highest BCUT2D eigenvalue weighted by Gasteiger charge is 2.11. The van der Waals surface area contributed by atoms with Crippen LogP contribution in [0.2, 0.25) is 0 Å². The SMILES string of the molecule is CCOc1ccc(C(=O)NC(=O)NNc2ccc(S(N)(=O)=O)cc2)cc1. The minimum Gasteiger partial charge on any atom is -0.494 e. The molecule has 2 rings (SSSR count). The molecule has 0 fully saturated rings. The highest BCUT2D eigenvalue weighted by molar-refractivity contribution is 7.89. The van der Waals surface area contributed by atoms with Gasteiger partial charge in [0.1, 0.15) is 5.75 Å². The summed E-state index contributed by atoms with van der Waals surface area (Å²) in [5.41, 5.74) is 5.50. The van der Waals surface area contributed by atoms with Crippen molar-refractivity contribution in [2.24, 2.45) is 5.14 Å². The Morgan fingerprint density at radius 1 is 1.04 bits per heavy atom. The van der Waals surface area contributed by atoms with Crippen LogP contribution in [0.15, 0.2) is 53.4 Å². The van der Waals surface area contributed by atoms with E-state index in [0.717, 1.165) is 0 Å². The Kier molecular flexibility index (Phi) is 6.15. The van der Waals surface area contributed by atoms with E-state index in [1.54, 1.807) is 12.1 Å². The number of ether oxygens (including phenoxy) is 1. The van der Waals surface area contributed by atoms with Gasteiger partial charge < -0.3 is 4.74 Å². The van der Waals surface area contributed by atoms with Gasteiger partial charge >= 0.3 is 6.03 Å². The highest BCUT2D eigenvalue weighted by atomic mass is 32.2. The molecule has 0 aliphatic rings. The number of hydrogen-bond donors (Lipinski definition) is 4. The summed E-state index contributed by atoms with van der Waals surface area (Å²) < 4.78 is 27.6. The average molecular weight is 378 g/mol. The lowest BCUT2D eigenvalue weighted by atomic mass is 10.2. The van der Waals surface area contributed by atoms with E-state index >= 15 is 0 Å². The summed E-state index contributed by atoms with van der Waals surface area (Å²) in [5, 5.41) is 7.14. The molecular formula is C16H18N4O5S. The van der Waals surface area contributed by atoms with Crippen molar-refractivity contribution in [1.29, 1.82) is 0 Å². The number of sulfonamides is 1. The number of imide groups is 1. The third-order valence-corrected chi connectivity index (χ3v) is 4.09. The van der Waals surface area contributed by atoms with Crippen molar-refractivity contribution in [3.05, 3.63) is 54.1 Å². The Morgan fingerprint density at radius 2 is 1.65 bits per heavy atom. The van der Waals surface area contributed by atoms with Gasteiger partial charge in [0.25, 0.3) is 5.91 Å². The van der Waals surface area contributed by atoms with Crippen LogP contribution in [0.3, 0.4) is 0 Å². The molecule has 2 aromatic rings. The zero-order valence-corrected chi connectivity index (χ0v) is 14.7. The maximum atomic E-state index is 12.0. The van der Waals surface area contributed by atoms with Gasteiger partial charge in [0.2, 0.25) is 10.0 Å². The Balaban J connectivity index is 1.87. The molecule has 0 aliphatic heterocycles. The van der Waals surface area contributed by atoms with Crippen molar-refractivity contribution in [3.63, 3.8) is 0 Å². The fourth-order valence-electron chi connectivity index (χ4n) is 1.93. The summed E-state index contributed by atoms with van der Waals surface area (Å²) in [6, 6.07) is 10.9. The van der Waals surface area contributed by atoms with Crippen LogP contribution in [0.4, 0.5) is 10.5 Å². The zero-order valence-electron chi connectivity index (χ0n) is 13.9. The highest BCUT2D eigenvalue weighted by Crippen LogP contribution is 2.12. The van der Waals surface area contributed by atoms with E-state index in [1.165, 1.54) is 36.4 Å². The summed E-state index contributed by atoms with van der Waals surface area (Å²) in [7, 11) is -3.79. The molecule has 0 saturated carbocycles. The first kappa shape index (κ1) is 19.2. The molecule has 10 heteroatoms. The van der Waals surface area contributed by atoms with Crippen LogP contribution in [0.25, 0.3) is 0 Å². The molecule has 0 unspecified atom stereocenters. The van der Waals surface area contributed by atoms with Gasteiger partial charge in [-0.3, -0.25) is 21.0 Å². The summed E-state index contributed by atoms with van der Waals surface area (Å²) in [4.78, 5) is 23.7. The standard InChI is InChI=1S/C16H18N4O5S/c1-2-25-13-7-3-11(4-8-13)15(21)18-16(22)20-19-12-5-9-14(10-6-12)26(17,23)24/h3-10,19H,2H2,1H3,(H2,17,23,24)(H2,18,20,21,22). The third kappa shape index (κ3) is 5.46. The molecule has 0 atom stereocenters. The number of primary sulfonamides is 1. The second-order valence-electron chi connectivity index (χ2n) is 5.06. The number of anilines is 1. The number of carbonyl (C=O) groups excluding carboxylic acids is 2. The summed E-state index contributed by atoms with van der Waals surface area (Å²) in [5.74, 6) is 0.0371. The predicted octanol–water partition coefficient (Wildman–Crippen LogP) is 1.20. The normalized spacial score (nSPS) is 10.7. The lowest BCUT2D eigenvalue weighted by Gasteiger charge is -2.10. The molecule has 26 heavy (non-hydrogen) atoms. The van der Waals surface area contributed by atoms with Crippen molar-refractivity contribution in [2.75, 3.05) is 12.0 Å². The Labute approximate surface area is 150 Å². The summed E-state index contributed by atoms with van der Waals surface area (Å²) in [6.45, 7) is 2.36. The Bertz CT molecular complexity index is 880. The van der Waals surface area contributed by atoms with Gasteiger partial charge in [-0.2, -0.15) is 0 Å². The van der Waals surface area contributed by atoms with E-state index < -0.39 is 22.0 Å². The minimum atomic E-state index is -3.79. The first-order valence-electron chi connectivity index (χ1n) is 7.52. The minimum absolute atomic E-state index is 0.0572. The summed E-state index contributed by atoms with van der Waals surface area (Å²) >= 11 is 0. The van der Waals surface area contributed by atoms with Gasteiger partial charge in [0.05, 0.1) is 17.2 Å². The second kappa shape index (κ2) is 8.32. The molecule has 0 aromatic heterocycles. The molecule has 9 nitrogen and oxygen atoms in total. The van der Waals surface area contributed by atoms with Crippen LogP contribution in [-0.2, 0) is 10.0 Å². The van der Waals surface area contributed by atoms with Crippen molar-refractivity contribution in [3.8, 4) is 5.75 Å². The maximum Gasteiger partial charge on any atom is 0.340 e. The lowest BCUT2D eigenvalue weighted by molar-refractivity contribution is 0.0964. The van der Waals surface area contributed by atoms with Crippen LogP contribution in [0, 0.1) is 0 Å². The fraction of sp³-hybridized carbons (Fsp3) is 0.125. The fourth-order valence-corrected chi connectivity index (χ4v) is 2.45. The van der Waals surface area contributed by atoms with E-state index in [9.17, 15) is 18.0 Å². The second-order valence-corrected chi connectivity index (χ2v) is 6.62. The summed E-state index contributed by atoms with van der Waals surface area (Å²) in [6.07, 6.45) is 0. The van der Waals surface area contributed by atoms with Gasteiger partial charge in [-0.25, -0.2) is 18.4 Å². The van der Waals surface area contributed by atoms with E-state index in [-0.39, 0.29) is 4.90 Å². The third-order valence-electron chi connectivity index (χ3n) is 3.16. The van der Waals surface area contributed by atoms with Gasteiger partial charge in [-0.1, -0.05) is 0 Å². The lowest BCUT2D eigenvalue weighted by Crippen LogP contribution is -2.42. The van der Waals surface area contributed by atoms with Gasteiger partial charge in [0, 0.05) is 5.56 Å². The van der Waals surface area contributed by atoms with Gasteiger partial charge in [-0.05, 0) is 55.5 Å². The number of hydrogen-bond acceptors (Lipinski definition) is 6. The van der Waals surface area contributed by atoms with Crippen LogP contribution in [0.5, 0.6) is 5.75 Å². The molecule has 0 spiro atoms. The number of nitrogens with one attached hydrogen (secondary N) is 3. The van der Waals surface area contributed by atoms with Crippen molar-refractivity contribution >= 4 is 27.6 Å². The van der Waals surface area contributed by atoms with Crippen LogP contribution >= 0.6 is 0 Å². The number of amides is 3. The molecule has 5 N–H and O–H groups in total. The largest absolute Gasteiger partial charge is 0.494 e. The molecule has 2 aromatic carbocycles. The molecule has 0 aliphatic carbocycles. The quantitative estimate of drug-likeness (QED) is 0.557. The number of nitrogens with two attached hydrogens (primary N) is 1. The molecule has 3 amide bonds. The number of rotatable bonds is 6. The van der Waals surface area contributed by atoms with E-state index in [2.05, 4.69) is 16.2 Å². The van der Waals surface area contributed by atoms with E-state index in [1.807, 2.05) is 6.92 Å². The molecule has 0 heterocycles. The predicted molar refractivity (Wildman–Crippen MR) is 95.0 cm³/mol. The molecule has 0 radical (unpaired) electrons. The van der Waals surface area contributed by atoms with Crippen LogP contribution < -0.4 is 26.0 Å². The van der Waals surface area contributed by atoms with Crippen molar-refractivity contribution in [2.45, 2.75) is 11.8 Å². The smallest absolute Gasteiger partial charge is 0.340 e. The molecular weight excluding hydrogens is 360 g/mol. The Morgan fingerprint density at radius 3 is 2.19 bits per heavy atom. The van der Waals surface area contributed by atoms with Crippen molar-refractivity contribution in [1.82, 2.24) is 10.7 Å². The van der Waals surface area contributed by atoms with Gasteiger partial charge in [-0.15, -0.1) is 0 Å². The molecule has 0 saturated heterocycles. The number of benzene rings is 2. The van der Waals surface area contributed by atoms with E-state index in [0.29, 0.717) is 23.6 Å². The van der Waals surface area contributed by atoms with Crippen LogP contribution in [-0.4, -0.2) is 27.0 Å². The topological polar surface area (TPSA) is 140 Å². The zero-order chi connectivity index (χ0) is 19.2. The maximum absolute atomic E-state index is 12.0.